The number of piperazine rings is 1. The van der Waals surface area contributed by atoms with Crippen LogP contribution in [0.2, 0.25) is 5.02 Å². The number of aromatic nitrogens is 4. The summed E-state index contributed by atoms with van der Waals surface area (Å²) in [5, 5.41) is 5.32. The second-order valence-corrected chi connectivity index (χ2v) is 10.1. The average molecular weight is 497 g/mol. The molecule has 4 heterocycles. The molecule has 3 N–H and O–H groups in total. The Kier molecular flexibility index (Phi) is 5.90. The third kappa shape index (κ3) is 4.20. The summed E-state index contributed by atoms with van der Waals surface area (Å²) >= 11 is 6.03. The SMILES string of the molecule is NN=C(c1ncc(-c2ccncc2)cn1)N1CCN(S(=O)(=O)c2cc3cc(Cl)ccc3[nH]2)CC1. The van der Waals surface area contributed by atoms with Crippen LogP contribution in [0.5, 0.6) is 0 Å². The van der Waals surface area contributed by atoms with E-state index in [1.165, 1.54) is 4.31 Å². The van der Waals surface area contributed by atoms with E-state index in [1.54, 1.807) is 49.1 Å². The Bertz CT molecular complexity index is 1450. The summed E-state index contributed by atoms with van der Waals surface area (Å²) in [5.74, 6) is 6.46. The lowest BCUT2D eigenvalue weighted by atomic mass is 10.1. The molecule has 12 heteroatoms. The number of nitrogens with zero attached hydrogens (tertiary/aromatic N) is 6. The summed E-state index contributed by atoms with van der Waals surface area (Å²) in [6.45, 7) is 1.34. The molecule has 1 aromatic carbocycles. The van der Waals surface area contributed by atoms with Crippen LogP contribution >= 0.6 is 11.6 Å². The molecule has 174 valence electrons. The first-order valence-corrected chi connectivity index (χ1v) is 12.3. The van der Waals surface area contributed by atoms with E-state index in [9.17, 15) is 8.42 Å². The number of fused-ring (bicyclic) bond motifs is 1. The van der Waals surface area contributed by atoms with Crippen LogP contribution in [0, 0.1) is 0 Å². The Labute approximate surface area is 201 Å². The average Bonchev–Trinajstić information content (AvgIpc) is 3.30. The van der Waals surface area contributed by atoms with Crippen molar-refractivity contribution in [3.8, 4) is 11.1 Å². The van der Waals surface area contributed by atoms with Crippen molar-refractivity contribution < 1.29 is 8.42 Å². The maximum absolute atomic E-state index is 13.2. The molecule has 0 radical (unpaired) electrons. The lowest BCUT2D eigenvalue weighted by Crippen LogP contribution is -2.51. The van der Waals surface area contributed by atoms with Crippen molar-refractivity contribution in [2.45, 2.75) is 5.03 Å². The van der Waals surface area contributed by atoms with Crippen LogP contribution in [0.15, 0.2) is 71.3 Å². The highest BCUT2D eigenvalue weighted by molar-refractivity contribution is 7.89. The monoisotopic (exact) mass is 496 g/mol. The van der Waals surface area contributed by atoms with E-state index in [2.05, 4.69) is 25.0 Å². The quantitative estimate of drug-likeness (QED) is 0.191. The summed E-state index contributed by atoms with van der Waals surface area (Å²) in [5.41, 5.74) is 2.51. The van der Waals surface area contributed by atoms with Gasteiger partial charge in [-0.3, -0.25) is 4.98 Å². The van der Waals surface area contributed by atoms with Crippen LogP contribution in [0.1, 0.15) is 5.82 Å². The second kappa shape index (κ2) is 9.01. The predicted octanol–water partition coefficient (Wildman–Crippen LogP) is 2.30. The summed E-state index contributed by atoms with van der Waals surface area (Å²) in [7, 11) is -3.69. The van der Waals surface area contributed by atoms with Gasteiger partial charge >= 0.3 is 0 Å². The summed E-state index contributed by atoms with van der Waals surface area (Å²) < 4.78 is 27.8. The first kappa shape index (κ1) is 22.3. The Morgan fingerprint density at radius 3 is 2.38 bits per heavy atom. The van der Waals surface area contributed by atoms with Gasteiger partial charge in [0.25, 0.3) is 10.0 Å². The molecule has 1 aliphatic rings. The highest BCUT2D eigenvalue weighted by atomic mass is 35.5. The fourth-order valence-electron chi connectivity index (χ4n) is 3.91. The lowest BCUT2D eigenvalue weighted by Gasteiger charge is -2.34. The molecule has 0 bridgehead atoms. The molecule has 1 saturated heterocycles. The topological polar surface area (TPSA) is 133 Å². The van der Waals surface area contributed by atoms with Gasteiger partial charge in [-0.25, -0.2) is 18.4 Å². The molecule has 3 aromatic heterocycles. The number of amidine groups is 1. The number of aromatic amines is 1. The number of hydrazone groups is 1. The Balaban J connectivity index is 1.29. The third-order valence-electron chi connectivity index (χ3n) is 5.70. The van der Waals surface area contributed by atoms with Crippen LogP contribution in [-0.2, 0) is 10.0 Å². The van der Waals surface area contributed by atoms with Crippen molar-refractivity contribution in [2.24, 2.45) is 10.9 Å². The summed E-state index contributed by atoms with van der Waals surface area (Å²) in [6.07, 6.45) is 6.81. The number of hydrogen-bond acceptors (Lipinski definition) is 7. The molecule has 0 spiro atoms. The summed E-state index contributed by atoms with van der Waals surface area (Å²) in [6, 6.07) is 10.6. The largest absolute Gasteiger partial charge is 0.349 e. The molecular formula is C22H21ClN8O2S. The molecule has 0 aliphatic carbocycles. The van der Waals surface area contributed by atoms with Gasteiger partial charge in [0, 0.05) is 72.5 Å². The van der Waals surface area contributed by atoms with Gasteiger partial charge < -0.3 is 15.7 Å². The zero-order chi connectivity index (χ0) is 23.7. The Morgan fingerprint density at radius 2 is 1.71 bits per heavy atom. The van der Waals surface area contributed by atoms with Gasteiger partial charge in [-0.2, -0.15) is 9.41 Å². The van der Waals surface area contributed by atoms with Crippen LogP contribution in [0.25, 0.3) is 22.0 Å². The first-order valence-electron chi connectivity index (χ1n) is 10.5. The normalized spacial score (nSPS) is 15.7. The number of halogens is 1. The van der Waals surface area contributed by atoms with E-state index in [0.717, 1.165) is 16.5 Å². The fraction of sp³-hybridized carbons (Fsp3) is 0.182. The van der Waals surface area contributed by atoms with Crippen molar-refractivity contribution >= 4 is 38.4 Å². The molecule has 0 unspecified atom stereocenters. The number of sulfonamides is 1. The number of benzene rings is 1. The highest BCUT2D eigenvalue weighted by Gasteiger charge is 2.31. The fourth-order valence-corrected chi connectivity index (χ4v) is 5.53. The molecule has 1 fully saturated rings. The maximum atomic E-state index is 13.2. The van der Waals surface area contributed by atoms with Crippen LogP contribution < -0.4 is 5.84 Å². The first-order chi connectivity index (χ1) is 16.5. The minimum atomic E-state index is -3.69. The minimum Gasteiger partial charge on any atom is -0.349 e. The van der Waals surface area contributed by atoms with Gasteiger partial charge in [-0.1, -0.05) is 11.6 Å². The van der Waals surface area contributed by atoms with Gasteiger partial charge in [0.05, 0.1) is 0 Å². The molecule has 1 aliphatic heterocycles. The molecule has 4 aromatic rings. The van der Waals surface area contributed by atoms with E-state index in [-0.39, 0.29) is 18.1 Å². The van der Waals surface area contributed by atoms with E-state index in [0.29, 0.717) is 35.3 Å². The predicted molar refractivity (Wildman–Crippen MR) is 130 cm³/mol. The molecular weight excluding hydrogens is 476 g/mol. The number of hydrogen-bond donors (Lipinski definition) is 2. The Hall–Kier alpha value is -3.54. The molecule has 0 amide bonds. The summed E-state index contributed by atoms with van der Waals surface area (Å²) in [4.78, 5) is 17.7. The van der Waals surface area contributed by atoms with Gasteiger partial charge in [-0.05, 0) is 42.0 Å². The van der Waals surface area contributed by atoms with Crippen LogP contribution in [-0.4, -0.2) is 69.6 Å². The number of rotatable bonds is 4. The van der Waals surface area contributed by atoms with Gasteiger partial charge in [-0.15, -0.1) is 0 Å². The van der Waals surface area contributed by atoms with Crippen molar-refractivity contribution in [1.82, 2.24) is 29.1 Å². The minimum absolute atomic E-state index is 0.140. The van der Waals surface area contributed by atoms with Gasteiger partial charge in [0.15, 0.2) is 11.7 Å². The zero-order valence-electron chi connectivity index (χ0n) is 18.0. The van der Waals surface area contributed by atoms with Crippen molar-refractivity contribution in [1.29, 1.82) is 0 Å². The van der Waals surface area contributed by atoms with Gasteiger partial charge in [0.2, 0.25) is 0 Å². The Morgan fingerprint density at radius 1 is 1.00 bits per heavy atom. The van der Waals surface area contributed by atoms with Crippen LogP contribution in [0.4, 0.5) is 0 Å². The van der Waals surface area contributed by atoms with E-state index >= 15 is 0 Å². The molecule has 10 nitrogen and oxygen atoms in total. The number of nitrogens with two attached hydrogens (primary N) is 1. The smallest absolute Gasteiger partial charge is 0.258 e. The number of pyridine rings is 1. The highest BCUT2D eigenvalue weighted by Crippen LogP contribution is 2.25. The zero-order valence-corrected chi connectivity index (χ0v) is 19.5. The van der Waals surface area contributed by atoms with Crippen molar-refractivity contribution in [3.63, 3.8) is 0 Å². The lowest BCUT2D eigenvalue weighted by molar-refractivity contribution is 0.265. The number of H-pyrrole nitrogens is 1. The molecule has 34 heavy (non-hydrogen) atoms. The molecule has 0 saturated carbocycles. The van der Waals surface area contributed by atoms with E-state index in [4.69, 9.17) is 17.4 Å². The van der Waals surface area contributed by atoms with Crippen molar-refractivity contribution in [3.05, 3.63) is 72.0 Å². The maximum Gasteiger partial charge on any atom is 0.258 e. The molecule has 0 atom stereocenters. The van der Waals surface area contributed by atoms with E-state index in [1.807, 2.05) is 17.0 Å². The number of nitrogens with one attached hydrogen (secondary N) is 1. The second-order valence-electron chi connectivity index (χ2n) is 7.74. The standard InChI is InChI=1S/C22H21ClN8O2S/c23-18-1-2-19-16(11-18)12-20(28-19)34(32,33)31-9-7-30(8-10-31)22(29-24)21-26-13-17(14-27-21)15-3-5-25-6-4-15/h1-6,11-14,28H,7-10,24H2. The van der Waals surface area contributed by atoms with Crippen LogP contribution in [0.3, 0.4) is 0 Å². The third-order valence-corrected chi connectivity index (χ3v) is 7.76. The van der Waals surface area contributed by atoms with Gasteiger partial charge in [0.1, 0.15) is 5.03 Å². The van der Waals surface area contributed by atoms with E-state index < -0.39 is 10.0 Å². The molecule has 5 rings (SSSR count). The van der Waals surface area contributed by atoms with Crippen molar-refractivity contribution in [2.75, 3.05) is 26.2 Å².